The summed E-state index contributed by atoms with van der Waals surface area (Å²) in [6, 6.07) is 18.4. The van der Waals surface area contributed by atoms with Crippen molar-refractivity contribution in [3.8, 4) is 0 Å². The normalized spacial score (nSPS) is 17.2. The highest BCUT2D eigenvalue weighted by Crippen LogP contribution is 2.29. The maximum Gasteiger partial charge on any atom is 0.272 e. The largest absolute Gasteiger partial charge is 0.361 e. The van der Waals surface area contributed by atoms with E-state index in [1.807, 2.05) is 44.2 Å². The van der Waals surface area contributed by atoms with E-state index in [9.17, 15) is 19.2 Å². The number of nitrogens with one attached hydrogen (secondary N) is 3. The first-order valence-corrected chi connectivity index (χ1v) is 14.6. The van der Waals surface area contributed by atoms with Crippen molar-refractivity contribution in [1.29, 1.82) is 0 Å². The fourth-order valence-electron chi connectivity index (χ4n) is 5.25. The van der Waals surface area contributed by atoms with Gasteiger partial charge in [0.25, 0.3) is 11.5 Å². The number of benzene rings is 3. The van der Waals surface area contributed by atoms with Crippen molar-refractivity contribution in [2.45, 2.75) is 57.7 Å². The van der Waals surface area contributed by atoms with Crippen molar-refractivity contribution in [3.63, 3.8) is 0 Å². The lowest BCUT2D eigenvalue weighted by Gasteiger charge is -2.25. The number of carbonyl (C=O) groups is 3. The molecule has 0 aliphatic carbocycles. The summed E-state index contributed by atoms with van der Waals surface area (Å²) in [5, 5.41) is 13.3. The third-order valence-electron chi connectivity index (χ3n) is 7.77. The van der Waals surface area contributed by atoms with Crippen molar-refractivity contribution in [1.82, 2.24) is 20.8 Å². The van der Waals surface area contributed by atoms with Crippen LogP contribution < -0.4 is 16.2 Å². The van der Waals surface area contributed by atoms with Crippen LogP contribution >= 0.6 is 0 Å². The molecule has 1 saturated heterocycles. The number of nitrogens with zero attached hydrogens (tertiary/aromatic N) is 1. The predicted octanol–water partition coefficient (Wildman–Crippen LogP) is 3.88. The van der Waals surface area contributed by atoms with Gasteiger partial charge in [0, 0.05) is 18.2 Å². The molecule has 3 N–H and O–H groups in total. The first-order chi connectivity index (χ1) is 21.0. The summed E-state index contributed by atoms with van der Waals surface area (Å²) in [4.78, 5) is 52.5. The van der Waals surface area contributed by atoms with Gasteiger partial charge in [-0.3, -0.25) is 19.2 Å². The highest BCUT2D eigenvalue weighted by Gasteiger charge is 2.50. The van der Waals surface area contributed by atoms with E-state index >= 15 is 4.39 Å². The van der Waals surface area contributed by atoms with Crippen LogP contribution in [0.2, 0.25) is 0 Å². The lowest BCUT2D eigenvalue weighted by molar-refractivity contribution is -0.131. The van der Waals surface area contributed by atoms with Crippen LogP contribution in [0.15, 0.2) is 77.6 Å². The van der Waals surface area contributed by atoms with Gasteiger partial charge < -0.3 is 15.4 Å². The molecule has 4 aromatic rings. The topological polar surface area (TPSA) is 134 Å². The fraction of sp³-hybridized carbons (Fsp3) is 0.324. The Bertz CT molecular complexity index is 1750. The summed E-state index contributed by atoms with van der Waals surface area (Å²) in [5.41, 5.74) is 0.445. The first-order valence-electron chi connectivity index (χ1n) is 14.6. The number of ketones is 1. The van der Waals surface area contributed by atoms with Gasteiger partial charge in [-0.05, 0) is 48.6 Å². The monoisotopic (exact) mass is 598 g/mol. The van der Waals surface area contributed by atoms with Gasteiger partial charge in [-0.25, -0.2) is 9.49 Å². The maximum atomic E-state index is 15.1. The molecule has 44 heavy (non-hydrogen) atoms. The van der Waals surface area contributed by atoms with Gasteiger partial charge in [0.05, 0.1) is 29.3 Å². The fourth-order valence-corrected chi connectivity index (χ4v) is 5.25. The third kappa shape index (κ3) is 7.08. The maximum absolute atomic E-state index is 15.1. The zero-order valence-corrected chi connectivity index (χ0v) is 24.9. The van der Waals surface area contributed by atoms with Crippen molar-refractivity contribution >= 4 is 28.4 Å². The summed E-state index contributed by atoms with van der Waals surface area (Å²) < 4.78 is 20.4. The molecular formula is C34H35FN4O5. The number of hydrogen-bond donors (Lipinski definition) is 3. The zero-order valence-electron chi connectivity index (χ0n) is 24.9. The number of carbonyl (C=O) groups excluding carboxylic acids is 3. The molecule has 228 valence electrons. The molecule has 3 atom stereocenters. The van der Waals surface area contributed by atoms with E-state index in [4.69, 9.17) is 4.74 Å². The van der Waals surface area contributed by atoms with Gasteiger partial charge in [-0.1, -0.05) is 68.4 Å². The summed E-state index contributed by atoms with van der Waals surface area (Å²) in [5.74, 6) is -2.18. The molecule has 1 aliphatic rings. The van der Waals surface area contributed by atoms with E-state index in [1.54, 1.807) is 37.3 Å². The smallest absolute Gasteiger partial charge is 0.272 e. The van der Waals surface area contributed by atoms with Crippen molar-refractivity contribution in [2.75, 3.05) is 6.61 Å². The number of rotatable bonds is 12. The van der Waals surface area contributed by atoms with E-state index in [-0.39, 0.29) is 35.7 Å². The Balaban J connectivity index is 1.39. The number of ether oxygens (including phenoxy) is 1. The Labute approximate surface area is 254 Å². The number of Topliss-reactive ketones (excluding diaryl/α,β-unsaturated/α-hetero) is 1. The minimum atomic E-state index is -1.09. The minimum Gasteiger partial charge on any atom is -0.361 e. The molecule has 0 spiro atoms. The highest BCUT2D eigenvalue weighted by atomic mass is 19.1. The molecule has 5 rings (SSSR count). The number of amides is 2. The van der Waals surface area contributed by atoms with Gasteiger partial charge in [0.2, 0.25) is 5.91 Å². The van der Waals surface area contributed by atoms with Crippen LogP contribution in [0.1, 0.15) is 54.4 Å². The molecule has 1 aromatic heterocycles. The van der Waals surface area contributed by atoms with Gasteiger partial charge in [0.1, 0.15) is 17.5 Å². The van der Waals surface area contributed by atoms with E-state index < -0.39 is 35.3 Å². The SMILES string of the molecule is CC(C)C[C@H](NC(=O)[C@H](Cc1ccccc1)NC(=O)c1cc(Cc2n[nH]c(=O)c3ccccc23)ccc1F)C(=O)[C@@]1(C)CO1. The quantitative estimate of drug-likeness (QED) is 0.212. The van der Waals surface area contributed by atoms with Crippen LogP contribution in [-0.4, -0.2) is 52.1 Å². The highest BCUT2D eigenvalue weighted by molar-refractivity contribution is 6.00. The number of aromatic amines is 1. The lowest BCUT2D eigenvalue weighted by atomic mass is 9.93. The first kappa shape index (κ1) is 30.7. The molecule has 0 bridgehead atoms. The lowest BCUT2D eigenvalue weighted by Crippen LogP contribution is -2.54. The molecule has 1 fully saturated rings. The number of halogens is 1. The molecule has 1 aliphatic heterocycles. The van der Waals surface area contributed by atoms with Crippen LogP contribution in [0.3, 0.4) is 0 Å². The summed E-state index contributed by atoms with van der Waals surface area (Å²) in [6.07, 6.45) is 0.759. The standard InChI is InChI=1S/C34H35FN4O5/c1-20(2)15-28(30(40)34(3)19-44-34)36-33(43)29(17-21-9-5-4-6-10-21)37-31(41)25-16-22(13-14-26(25)35)18-27-23-11-7-8-12-24(23)32(42)39-38-27/h4-14,16,20,28-29H,15,17-19H2,1-3H3,(H,36,43)(H,37,41)(H,39,42)/t28-,29-,34+/m0/s1. The molecule has 9 nitrogen and oxygen atoms in total. The van der Waals surface area contributed by atoms with Crippen molar-refractivity contribution in [2.24, 2.45) is 5.92 Å². The molecule has 10 heteroatoms. The Hall–Kier alpha value is -4.70. The minimum absolute atomic E-state index is 0.111. The van der Waals surface area contributed by atoms with Gasteiger partial charge in [-0.15, -0.1) is 0 Å². The molecule has 0 unspecified atom stereocenters. The summed E-state index contributed by atoms with van der Waals surface area (Å²) in [6.45, 7) is 5.89. The zero-order chi connectivity index (χ0) is 31.4. The Morgan fingerprint density at radius 1 is 0.955 bits per heavy atom. The average Bonchev–Trinajstić information content (AvgIpc) is 3.77. The number of H-pyrrole nitrogens is 1. The average molecular weight is 599 g/mol. The number of hydrogen-bond acceptors (Lipinski definition) is 6. The van der Waals surface area contributed by atoms with Crippen LogP contribution in [0.25, 0.3) is 10.8 Å². The molecule has 3 aromatic carbocycles. The summed E-state index contributed by atoms with van der Waals surface area (Å²) >= 11 is 0. The second-order valence-electron chi connectivity index (χ2n) is 11.8. The number of fused-ring (bicyclic) bond motifs is 1. The number of epoxide rings is 1. The number of aromatic nitrogens is 2. The summed E-state index contributed by atoms with van der Waals surface area (Å²) in [7, 11) is 0. The Morgan fingerprint density at radius 3 is 2.32 bits per heavy atom. The van der Waals surface area contributed by atoms with Gasteiger partial charge >= 0.3 is 0 Å². The van der Waals surface area contributed by atoms with E-state index in [2.05, 4.69) is 20.8 Å². The van der Waals surface area contributed by atoms with Crippen molar-refractivity contribution in [3.05, 3.63) is 111 Å². The van der Waals surface area contributed by atoms with Gasteiger partial charge in [-0.2, -0.15) is 5.10 Å². The van der Waals surface area contributed by atoms with Crippen LogP contribution in [-0.2, 0) is 27.2 Å². The second-order valence-corrected chi connectivity index (χ2v) is 11.8. The second kappa shape index (κ2) is 12.9. The predicted molar refractivity (Wildman–Crippen MR) is 164 cm³/mol. The van der Waals surface area contributed by atoms with Crippen LogP contribution in [0, 0.1) is 11.7 Å². The Morgan fingerprint density at radius 2 is 1.64 bits per heavy atom. The van der Waals surface area contributed by atoms with E-state index in [1.165, 1.54) is 12.1 Å². The third-order valence-corrected chi connectivity index (χ3v) is 7.77. The molecular weight excluding hydrogens is 563 g/mol. The van der Waals surface area contributed by atoms with Crippen LogP contribution in [0.5, 0.6) is 0 Å². The van der Waals surface area contributed by atoms with Gasteiger partial charge in [0.15, 0.2) is 5.78 Å². The molecule has 0 radical (unpaired) electrons. The van der Waals surface area contributed by atoms with Crippen LogP contribution in [0.4, 0.5) is 4.39 Å². The molecule has 0 saturated carbocycles. The van der Waals surface area contributed by atoms with E-state index in [0.717, 1.165) is 5.56 Å². The van der Waals surface area contributed by atoms with Crippen molar-refractivity contribution < 1.29 is 23.5 Å². The molecule has 2 heterocycles. The van der Waals surface area contributed by atoms with E-state index in [0.29, 0.717) is 35.1 Å². The Kier molecular flexibility index (Phi) is 9.01. The molecule has 2 amide bonds.